The summed E-state index contributed by atoms with van der Waals surface area (Å²) in [6.07, 6.45) is 4.01. The molecule has 172 valence electrons. The van der Waals surface area contributed by atoms with Gasteiger partial charge in [-0.2, -0.15) is 5.10 Å². The molecule has 0 saturated heterocycles. The maximum absolute atomic E-state index is 14.7. The molecular weight excluding hydrogens is 577 g/mol. The van der Waals surface area contributed by atoms with Gasteiger partial charge in [0, 0.05) is 16.9 Å². The smallest absolute Gasteiger partial charge is 0.268 e. The Morgan fingerprint density at radius 3 is 1.94 bits per heavy atom. The molecule has 6 nitrogen and oxygen atoms in total. The van der Waals surface area contributed by atoms with E-state index >= 15 is 0 Å². The summed E-state index contributed by atoms with van der Waals surface area (Å²) in [5, 5.41) is 3.81. The van der Waals surface area contributed by atoms with Gasteiger partial charge in [0.15, 0.2) is 5.82 Å². The summed E-state index contributed by atoms with van der Waals surface area (Å²) in [4.78, 5) is 31.9. The van der Waals surface area contributed by atoms with Crippen LogP contribution < -0.4 is 4.90 Å². The van der Waals surface area contributed by atoms with E-state index in [1.165, 1.54) is 53.6 Å². The number of hydrogen-bond acceptors (Lipinski definition) is 4. The minimum absolute atomic E-state index is 0.0999. The van der Waals surface area contributed by atoms with Crippen LogP contribution >= 0.6 is 50.7 Å². The lowest BCUT2D eigenvalue weighted by Crippen LogP contribution is -2.39. The van der Waals surface area contributed by atoms with E-state index in [9.17, 15) is 18.4 Å². The number of pyridine rings is 1. The van der Waals surface area contributed by atoms with Gasteiger partial charge in [-0.05, 0) is 46.3 Å². The Balaban J connectivity index is 2.00. The molecule has 0 radical (unpaired) electrons. The van der Waals surface area contributed by atoms with Crippen molar-refractivity contribution in [3.63, 3.8) is 0 Å². The first-order chi connectivity index (χ1) is 16.2. The number of benzene rings is 2. The van der Waals surface area contributed by atoms with Crippen molar-refractivity contribution < 1.29 is 18.4 Å². The molecule has 2 aromatic heterocycles. The Hall–Kier alpha value is -2.85. The third-order valence-electron chi connectivity index (χ3n) is 4.58. The SMILES string of the molecule is O=C(c1c(F)cccc1Cl)N(C(=O)c1c(F)cccc1Cl)c1ncc(Br)cc1-n1cc(Cl)cn1. The summed E-state index contributed by atoms with van der Waals surface area (Å²) < 4.78 is 31.1. The van der Waals surface area contributed by atoms with E-state index in [0.717, 1.165) is 12.1 Å². The number of carbonyl (C=O) groups is 2. The molecule has 0 saturated carbocycles. The second kappa shape index (κ2) is 9.79. The largest absolute Gasteiger partial charge is 0.271 e. The van der Waals surface area contributed by atoms with Gasteiger partial charge in [0.05, 0.1) is 32.4 Å². The van der Waals surface area contributed by atoms with Crippen molar-refractivity contribution >= 4 is 68.4 Å². The highest BCUT2D eigenvalue weighted by Gasteiger charge is 2.35. The molecule has 4 rings (SSSR count). The molecule has 4 aromatic rings. The third-order valence-corrected chi connectivity index (χ3v) is 5.84. The van der Waals surface area contributed by atoms with Gasteiger partial charge in [-0.1, -0.05) is 46.9 Å². The van der Waals surface area contributed by atoms with Crippen LogP contribution in [0.5, 0.6) is 0 Å². The molecule has 0 atom stereocenters. The molecule has 0 unspecified atom stereocenters. The van der Waals surface area contributed by atoms with E-state index in [1.54, 1.807) is 0 Å². The summed E-state index contributed by atoms with van der Waals surface area (Å²) in [5.41, 5.74) is -1.12. The van der Waals surface area contributed by atoms with Crippen molar-refractivity contribution in [1.29, 1.82) is 0 Å². The zero-order chi connectivity index (χ0) is 24.6. The summed E-state index contributed by atoms with van der Waals surface area (Å²) in [5.74, 6) is -4.66. The highest BCUT2D eigenvalue weighted by atomic mass is 79.9. The average Bonchev–Trinajstić information content (AvgIpc) is 3.21. The predicted octanol–water partition coefficient (Wildman–Crippen LogP) is 6.76. The summed E-state index contributed by atoms with van der Waals surface area (Å²) >= 11 is 21.4. The van der Waals surface area contributed by atoms with Gasteiger partial charge in [0.1, 0.15) is 17.3 Å². The maximum atomic E-state index is 14.7. The number of aromatic nitrogens is 3. The van der Waals surface area contributed by atoms with Crippen molar-refractivity contribution in [1.82, 2.24) is 14.8 Å². The molecule has 0 bridgehead atoms. The minimum Gasteiger partial charge on any atom is -0.268 e. The van der Waals surface area contributed by atoms with E-state index in [2.05, 4.69) is 26.0 Å². The number of hydrogen-bond donors (Lipinski definition) is 0. The topological polar surface area (TPSA) is 68.1 Å². The number of rotatable bonds is 4. The molecule has 0 aliphatic carbocycles. The lowest BCUT2D eigenvalue weighted by atomic mass is 10.1. The number of amides is 2. The normalized spacial score (nSPS) is 10.9. The predicted molar refractivity (Wildman–Crippen MR) is 128 cm³/mol. The van der Waals surface area contributed by atoms with Crippen molar-refractivity contribution in [2.45, 2.75) is 0 Å². The van der Waals surface area contributed by atoms with Crippen molar-refractivity contribution in [2.24, 2.45) is 0 Å². The zero-order valence-electron chi connectivity index (χ0n) is 16.6. The first-order valence-electron chi connectivity index (χ1n) is 9.32. The van der Waals surface area contributed by atoms with E-state index in [0.29, 0.717) is 9.37 Å². The van der Waals surface area contributed by atoms with Crippen LogP contribution in [0.25, 0.3) is 5.69 Å². The molecule has 0 N–H and O–H groups in total. The Labute approximate surface area is 214 Å². The van der Waals surface area contributed by atoms with Crippen LogP contribution in [-0.4, -0.2) is 26.6 Å². The zero-order valence-corrected chi connectivity index (χ0v) is 20.5. The van der Waals surface area contributed by atoms with Gasteiger partial charge < -0.3 is 0 Å². The highest BCUT2D eigenvalue weighted by molar-refractivity contribution is 9.10. The van der Waals surface area contributed by atoms with Crippen LogP contribution in [0.1, 0.15) is 20.7 Å². The molecule has 2 amide bonds. The van der Waals surface area contributed by atoms with E-state index < -0.39 is 34.6 Å². The van der Waals surface area contributed by atoms with Gasteiger partial charge in [-0.25, -0.2) is 23.3 Å². The first-order valence-corrected chi connectivity index (χ1v) is 11.2. The number of imide groups is 1. The van der Waals surface area contributed by atoms with Gasteiger partial charge in [0.2, 0.25) is 0 Å². The van der Waals surface area contributed by atoms with Crippen LogP contribution in [0, 0.1) is 11.6 Å². The molecule has 0 spiro atoms. The lowest BCUT2D eigenvalue weighted by Gasteiger charge is -2.24. The van der Waals surface area contributed by atoms with E-state index in [4.69, 9.17) is 34.8 Å². The average molecular weight is 587 g/mol. The molecule has 2 aromatic carbocycles. The Morgan fingerprint density at radius 1 is 0.912 bits per heavy atom. The highest BCUT2D eigenvalue weighted by Crippen LogP contribution is 2.32. The van der Waals surface area contributed by atoms with Gasteiger partial charge >= 0.3 is 0 Å². The summed E-state index contributed by atoms with van der Waals surface area (Å²) in [7, 11) is 0. The quantitative estimate of drug-likeness (QED) is 0.248. The summed E-state index contributed by atoms with van der Waals surface area (Å²) in [6.45, 7) is 0. The Kier molecular flexibility index (Phi) is 6.99. The number of carbonyl (C=O) groups excluding carboxylic acids is 2. The molecule has 0 fully saturated rings. The third kappa shape index (κ3) is 4.56. The van der Waals surface area contributed by atoms with Crippen LogP contribution in [0.2, 0.25) is 15.1 Å². The van der Waals surface area contributed by atoms with Crippen molar-refractivity contribution in [3.05, 3.63) is 103 Å². The fraction of sp³-hybridized carbons (Fsp3) is 0. The molecular formula is C22H10BrCl3F2N4O2. The van der Waals surface area contributed by atoms with Crippen LogP contribution in [-0.2, 0) is 0 Å². The standard InChI is InChI=1S/C22H10BrCl3F2N4O2/c23-11-7-17(31-10-12(24)9-30-31)20(29-8-11)32(21(33)18-13(25)3-1-5-15(18)27)22(34)19-14(26)4-2-6-16(19)28/h1-10H. The lowest BCUT2D eigenvalue weighted by molar-refractivity contribution is 0.0892. The maximum Gasteiger partial charge on any atom is 0.271 e. The Morgan fingerprint density at radius 2 is 1.47 bits per heavy atom. The number of anilines is 1. The van der Waals surface area contributed by atoms with Crippen molar-refractivity contribution in [3.8, 4) is 5.69 Å². The van der Waals surface area contributed by atoms with E-state index in [-0.39, 0.29) is 26.6 Å². The van der Waals surface area contributed by atoms with Crippen LogP contribution in [0.15, 0.2) is 65.5 Å². The number of nitrogens with zero attached hydrogens (tertiary/aromatic N) is 4. The molecule has 0 aliphatic heterocycles. The molecule has 34 heavy (non-hydrogen) atoms. The minimum atomic E-state index is -1.19. The second-order valence-electron chi connectivity index (χ2n) is 6.74. The Bertz CT molecular complexity index is 1340. The fourth-order valence-corrected chi connectivity index (χ4v) is 4.05. The van der Waals surface area contributed by atoms with Crippen LogP contribution in [0.4, 0.5) is 14.6 Å². The van der Waals surface area contributed by atoms with Gasteiger partial charge in [-0.15, -0.1) is 0 Å². The monoisotopic (exact) mass is 584 g/mol. The number of halogens is 6. The summed E-state index contributed by atoms with van der Waals surface area (Å²) in [6, 6.07) is 8.64. The van der Waals surface area contributed by atoms with Gasteiger partial charge in [-0.3, -0.25) is 9.59 Å². The second-order valence-corrected chi connectivity index (χ2v) is 8.90. The fourth-order valence-electron chi connectivity index (χ4n) is 3.11. The molecule has 2 heterocycles. The van der Waals surface area contributed by atoms with Gasteiger partial charge in [0.25, 0.3) is 11.8 Å². The van der Waals surface area contributed by atoms with E-state index in [1.807, 2.05) is 0 Å². The van der Waals surface area contributed by atoms with Crippen LogP contribution in [0.3, 0.4) is 0 Å². The molecule has 0 aliphatic rings. The molecule has 12 heteroatoms. The first kappa shape index (κ1) is 24.3. The van der Waals surface area contributed by atoms with Crippen molar-refractivity contribution in [2.75, 3.05) is 4.90 Å².